The van der Waals surface area contributed by atoms with Gasteiger partial charge in [-0.15, -0.1) is 0 Å². The lowest BCUT2D eigenvalue weighted by Crippen LogP contribution is -2.25. The number of H-pyrrole nitrogens is 2. The zero-order valence-electron chi connectivity index (χ0n) is 18.1. The van der Waals surface area contributed by atoms with E-state index in [4.69, 9.17) is 0 Å². The van der Waals surface area contributed by atoms with Crippen molar-refractivity contribution < 1.29 is 14.4 Å². The molecule has 3 aromatic rings. The smallest absolute Gasteiger partial charge is 0.323 e. The quantitative estimate of drug-likeness (QED) is 0.444. The van der Waals surface area contributed by atoms with Crippen molar-refractivity contribution >= 4 is 57.1 Å². The van der Waals surface area contributed by atoms with Gasteiger partial charge in [-0.1, -0.05) is 11.8 Å². The van der Waals surface area contributed by atoms with Gasteiger partial charge in [0.2, 0.25) is 5.91 Å². The van der Waals surface area contributed by atoms with Crippen LogP contribution in [-0.4, -0.2) is 56.1 Å². The Labute approximate surface area is 198 Å². The number of hydrogen-bond acceptors (Lipinski definition) is 6. The van der Waals surface area contributed by atoms with Crippen LogP contribution in [0.5, 0.6) is 0 Å². The van der Waals surface area contributed by atoms with Crippen LogP contribution in [0.1, 0.15) is 29.6 Å². The number of anilines is 2. The molecule has 0 aliphatic carbocycles. The molecule has 1 aromatic heterocycles. The number of amidine groups is 1. The molecule has 2 aliphatic rings. The van der Waals surface area contributed by atoms with Crippen molar-refractivity contribution in [2.75, 3.05) is 23.7 Å². The van der Waals surface area contributed by atoms with Gasteiger partial charge in [-0.05, 0) is 55.3 Å². The number of carbonyl (C=O) groups is 3. The molecule has 1 atom stereocenters. The third-order valence-electron chi connectivity index (χ3n) is 5.68. The Morgan fingerprint density at radius 3 is 2.44 bits per heavy atom. The van der Waals surface area contributed by atoms with E-state index in [9.17, 15) is 19.2 Å². The topological polar surface area (TPSA) is 140 Å². The van der Waals surface area contributed by atoms with Crippen LogP contribution in [0.4, 0.5) is 11.4 Å². The van der Waals surface area contributed by atoms with E-state index in [1.165, 1.54) is 11.8 Å². The van der Waals surface area contributed by atoms with Gasteiger partial charge in [-0.3, -0.25) is 14.4 Å². The van der Waals surface area contributed by atoms with Gasteiger partial charge in [0.25, 0.3) is 11.8 Å². The lowest BCUT2D eigenvalue weighted by Gasteiger charge is -2.16. The van der Waals surface area contributed by atoms with Crippen molar-refractivity contribution in [1.29, 1.82) is 0 Å². The number of nitrogens with zero attached hydrogens (tertiary/aromatic N) is 2. The molecule has 3 amide bonds. The molecule has 0 bridgehead atoms. The summed E-state index contributed by atoms with van der Waals surface area (Å²) in [5, 5.41) is 5.77. The average Bonchev–Trinajstić information content (AvgIpc) is 3.54. The maximum atomic E-state index is 12.6. The number of nitrogens with one attached hydrogen (secondary N) is 4. The number of aromatic nitrogens is 2. The van der Waals surface area contributed by atoms with Gasteiger partial charge in [-0.25, -0.2) is 4.79 Å². The molecule has 11 heteroatoms. The molecule has 1 unspecified atom stereocenters. The van der Waals surface area contributed by atoms with Gasteiger partial charge in [0, 0.05) is 36.4 Å². The fraction of sp³-hybridized carbons (Fsp3) is 0.261. The number of aliphatic imine (C=N–C) groups is 1. The van der Waals surface area contributed by atoms with Gasteiger partial charge in [-0.2, -0.15) is 4.99 Å². The SMILES string of the molecule is O=C(CC1SC(N2CCCC2)=NC1=O)Nc1ccc(C(=O)Nc2ccc3[nH]c(=O)[nH]c3c2)cc1. The molecule has 2 aromatic carbocycles. The number of likely N-dealkylation sites (tertiary alicyclic amines) is 1. The highest BCUT2D eigenvalue weighted by molar-refractivity contribution is 8.15. The molecule has 3 heterocycles. The Morgan fingerprint density at radius 2 is 1.68 bits per heavy atom. The summed E-state index contributed by atoms with van der Waals surface area (Å²) < 4.78 is 0. The maximum absolute atomic E-state index is 12.6. The second kappa shape index (κ2) is 9.18. The van der Waals surface area contributed by atoms with Gasteiger partial charge in [0.1, 0.15) is 5.25 Å². The van der Waals surface area contributed by atoms with Gasteiger partial charge in [0.15, 0.2) is 5.17 Å². The monoisotopic (exact) mass is 478 g/mol. The number of amides is 3. The Bertz CT molecular complexity index is 1350. The summed E-state index contributed by atoms with van der Waals surface area (Å²) in [7, 11) is 0. The number of rotatable bonds is 5. The van der Waals surface area contributed by atoms with E-state index >= 15 is 0 Å². The van der Waals surface area contributed by atoms with Crippen molar-refractivity contribution in [2.45, 2.75) is 24.5 Å². The third-order valence-corrected chi connectivity index (χ3v) is 6.89. The summed E-state index contributed by atoms with van der Waals surface area (Å²) in [5.41, 5.74) is 2.41. The standard InChI is InChI=1S/C23H22N6O4S/c30-19(12-18-21(32)28-23(34-18)29-9-1-2-10-29)24-14-5-3-13(4-6-14)20(31)25-15-7-8-16-17(11-15)27-22(33)26-16/h3-8,11,18H,1-2,9-10,12H2,(H,24,30)(H,25,31)(H2,26,27,33). The van der Waals surface area contributed by atoms with E-state index in [0.717, 1.165) is 31.1 Å². The lowest BCUT2D eigenvalue weighted by atomic mass is 10.1. The second-order valence-electron chi connectivity index (χ2n) is 8.16. The average molecular weight is 479 g/mol. The first kappa shape index (κ1) is 22.0. The summed E-state index contributed by atoms with van der Waals surface area (Å²) >= 11 is 1.36. The van der Waals surface area contributed by atoms with E-state index in [1.54, 1.807) is 42.5 Å². The first-order valence-electron chi connectivity index (χ1n) is 10.9. The molecule has 0 radical (unpaired) electrons. The Morgan fingerprint density at radius 1 is 0.971 bits per heavy atom. The Kier molecular flexibility index (Phi) is 5.93. The second-order valence-corrected chi connectivity index (χ2v) is 9.33. The largest absolute Gasteiger partial charge is 0.351 e. The minimum Gasteiger partial charge on any atom is -0.351 e. The molecular weight excluding hydrogens is 456 g/mol. The highest BCUT2D eigenvalue weighted by atomic mass is 32.2. The van der Waals surface area contributed by atoms with Gasteiger partial charge < -0.3 is 25.5 Å². The first-order valence-corrected chi connectivity index (χ1v) is 11.8. The maximum Gasteiger partial charge on any atom is 0.323 e. The number of imidazole rings is 1. The fourth-order valence-electron chi connectivity index (χ4n) is 3.95. The minimum absolute atomic E-state index is 0.0380. The van der Waals surface area contributed by atoms with E-state index in [1.807, 2.05) is 0 Å². The van der Waals surface area contributed by atoms with Gasteiger partial charge in [0.05, 0.1) is 11.0 Å². The van der Waals surface area contributed by atoms with E-state index in [-0.39, 0.29) is 29.8 Å². The molecule has 5 rings (SSSR count). The highest BCUT2D eigenvalue weighted by Gasteiger charge is 2.33. The summed E-state index contributed by atoms with van der Waals surface area (Å²) in [5.74, 6) is -0.875. The zero-order chi connectivity index (χ0) is 23.7. The normalized spacial score (nSPS) is 17.8. The van der Waals surface area contributed by atoms with Crippen LogP contribution < -0.4 is 16.3 Å². The van der Waals surface area contributed by atoms with E-state index in [0.29, 0.717) is 28.0 Å². The number of hydrogen-bond donors (Lipinski definition) is 4. The summed E-state index contributed by atoms with van der Waals surface area (Å²) in [4.78, 5) is 60.1. The lowest BCUT2D eigenvalue weighted by molar-refractivity contribution is -0.121. The number of aromatic amines is 2. The van der Waals surface area contributed by atoms with Crippen LogP contribution in [0.3, 0.4) is 0 Å². The van der Waals surface area contributed by atoms with E-state index in [2.05, 4.69) is 30.5 Å². The van der Waals surface area contributed by atoms with Crippen LogP contribution in [0.2, 0.25) is 0 Å². The number of fused-ring (bicyclic) bond motifs is 1. The minimum atomic E-state index is -0.507. The Balaban J connectivity index is 1.15. The van der Waals surface area contributed by atoms with Crippen LogP contribution in [0.25, 0.3) is 11.0 Å². The van der Waals surface area contributed by atoms with Crippen molar-refractivity contribution in [1.82, 2.24) is 14.9 Å². The molecule has 4 N–H and O–H groups in total. The molecular formula is C23H22N6O4S. The van der Waals surface area contributed by atoms with Crippen molar-refractivity contribution in [2.24, 2.45) is 4.99 Å². The molecule has 2 aliphatic heterocycles. The highest BCUT2D eigenvalue weighted by Crippen LogP contribution is 2.29. The van der Waals surface area contributed by atoms with Crippen molar-refractivity contribution in [3.8, 4) is 0 Å². The fourth-order valence-corrected chi connectivity index (χ4v) is 5.07. The van der Waals surface area contributed by atoms with Crippen molar-refractivity contribution in [3.05, 3.63) is 58.5 Å². The number of carbonyl (C=O) groups excluding carboxylic acids is 3. The summed E-state index contributed by atoms with van der Waals surface area (Å²) in [6.07, 6.45) is 2.22. The molecule has 0 saturated carbocycles. The van der Waals surface area contributed by atoms with Crippen LogP contribution in [0.15, 0.2) is 52.3 Å². The Hall–Kier alpha value is -3.86. The molecule has 34 heavy (non-hydrogen) atoms. The predicted octanol–water partition coefficient (Wildman–Crippen LogP) is 2.53. The molecule has 1 fully saturated rings. The first-order chi connectivity index (χ1) is 16.4. The number of benzene rings is 2. The predicted molar refractivity (Wildman–Crippen MR) is 131 cm³/mol. The van der Waals surface area contributed by atoms with E-state index < -0.39 is 5.25 Å². The molecule has 1 saturated heterocycles. The summed E-state index contributed by atoms with van der Waals surface area (Å²) in [6.45, 7) is 1.80. The zero-order valence-corrected chi connectivity index (χ0v) is 18.9. The van der Waals surface area contributed by atoms with Crippen LogP contribution in [0, 0.1) is 0 Å². The van der Waals surface area contributed by atoms with Gasteiger partial charge >= 0.3 is 5.69 Å². The van der Waals surface area contributed by atoms with Crippen LogP contribution >= 0.6 is 11.8 Å². The molecule has 10 nitrogen and oxygen atoms in total. The summed E-state index contributed by atoms with van der Waals surface area (Å²) in [6, 6.07) is 11.5. The third kappa shape index (κ3) is 4.74. The molecule has 0 spiro atoms. The number of thioether (sulfide) groups is 1. The molecule has 174 valence electrons. The van der Waals surface area contributed by atoms with Crippen molar-refractivity contribution in [3.63, 3.8) is 0 Å². The van der Waals surface area contributed by atoms with Crippen LogP contribution in [-0.2, 0) is 9.59 Å².